The lowest BCUT2D eigenvalue weighted by Crippen LogP contribution is -2.56. The second kappa shape index (κ2) is 63.9. The van der Waals surface area contributed by atoms with Gasteiger partial charge in [-0.1, -0.05) is 292 Å². The molecule has 0 aliphatic carbocycles. The molecule has 0 amide bonds. The first kappa shape index (κ1) is 81.9. The first-order valence-corrected chi connectivity index (χ1v) is 36.4. The molecule has 4 unspecified atom stereocenters. The molecule has 0 aromatic heterocycles. The molecule has 7 heteroatoms. The fourth-order valence-corrected chi connectivity index (χ4v) is 11.0. The third kappa shape index (κ3) is 51.5. The van der Waals surface area contributed by atoms with Gasteiger partial charge in [0.15, 0.2) is 11.2 Å². The van der Waals surface area contributed by atoms with Crippen molar-refractivity contribution >= 4 is 11.9 Å². The van der Waals surface area contributed by atoms with Crippen molar-refractivity contribution in [3.8, 4) is 0 Å². The summed E-state index contributed by atoms with van der Waals surface area (Å²) in [6, 6.07) is 0. The Hall–Kier alpha value is -3.10. The lowest BCUT2D eigenvalue weighted by atomic mass is 9.85. The molecule has 492 valence electrons. The Morgan fingerprint density at radius 1 is 0.282 bits per heavy atom. The van der Waals surface area contributed by atoms with Crippen LogP contribution in [-0.4, -0.2) is 55.8 Å². The molecule has 0 heterocycles. The number of rotatable bonds is 64. The molecule has 0 spiro atoms. The Labute approximate surface area is 526 Å². The highest BCUT2D eigenvalue weighted by molar-refractivity contribution is 5.94. The van der Waals surface area contributed by atoms with Gasteiger partial charge in [0.1, 0.15) is 0 Å². The van der Waals surface area contributed by atoms with Gasteiger partial charge in [-0.2, -0.15) is 0 Å². The standard InChI is InChI=1S/C78H138O7/c1-5-9-13-17-21-25-29-33-37-41-45-49-53-57-61-65-69-73(79)77(83,71-67-63-59-55-51-47-43-39-35-31-27-23-19-15-11-7-3)75(81)85-76(82)78(84,72-68-64-60-56-52-48-44-40-36-32-28-24-20-16-12-8-4)74(80)70-66-62-58-54-50-46-42-38-34-30-26-22-18-14-10-6-2/h21-28,33-40,73-74,79-80,83-84H,5-20,29-32,41-72H2,1-4H3/b25-21-,26-22-,27-23-,28-24-,37-33-,38-34-,39-35-,40-36-. The third-order valence-electron chi connectivity index (χ3n) is 16.9. The van der Waals surface area contributed by atoms with Gasteiger partial charge in [-0.15, -0.1) is 0 Å². The van der Waals surface area contributed by atoms with E-state index in [9.17, 15) is 30.0 Å². The quantitative estimate of drug-likeness (QED) is 0.0207. The van der Waals surface area contributed by atoms with Crippen molar-refractivity contribution in [3.63, 3.8) is 0 Å². The Balaban J connectivity index is 5.67. The van der Waals surface area contributed by atoms with E-state index in [4.69, 9.17) is 4.74 Å². The van der Waals surface area contributed by atoms with E-state index in [0.29, 0.717) is 25.7 Å². The molecule has 7 nitrogen and oxygen atoms in total. The maximum absolute atomic E-state index is 14.2. The minimum absolute atomic E-state index is 0.0447. The summed E-state index contributed by atoms with van der Waals surface area (Å²) >= 11 is 0. The predicted octanol–water partition coefficient (Wildman–Crippen LogP) is 23.1. The summed E-state index contributed by atoms with van der Waals surface area (Å²) in [5, 5.41) is 47.7. The van der Waals surface area contributed by atoms with Crippen molar-refractivity contribution in [1.29, 1.82) is 0 Å². The van der Waals surface area contributed by atoms with Gasteiger partial charge in [-0.05, 0) is 167 Å². The van der Waals surface area contributed by atoms with Crippen LogP contribution in [0.5, 0.6) is 0 Å². The van der Waals surface area contributed by atoms with Crippen molar-refractivity contribution in [2.75, 3.05) is 0 Å². The third-order valence-corrected chi connectivity index (χ3v) is 16.9. The van der Waals surface area contributed by atoms with Crippen molar-refractivity contribution in [2.24, 2.45) is 0 Å². The Bertz CT molecular complexity index is 1580. The van der Waals surface area contributed by atoms with Crippen molar-refractivity contribution in [2.45, 2.75) is 385 Å². The minimum Gasteiger partial charge on any atom is -0.389 e. The molecule has 0 fully saturated rings. The van der Waals surface area contributed by atoms with Gasteiger partial charge in [0.2, 0.25) is 0 Å². The molecule has 0 radical (unpaired) electrons. The number of hydrogen-bond acceptors (Lipinski definition) is 7. The van der Waals surface area contributed by atoms with Crippen LogP contribution in [0.2, 0.25) is 0 Å². The van der Waals surface area contributed by atoms with Gasteiger partial charge in [0, 0.05) is 0 Å². The van der Waals surface area contributed by atoms with E-state index in [1.165, 1.54) is 89.9 Å². The number of ether oxygens (including phenoxy) is 1. The van der Waals surface area contributed by atoms with Crippen molar-refractivity contribution in [1.82, 2.24) is 0 Å². The zero-order valence-electron chi connectivity index (χ0n) is 56.2. The lowest BCUT2D eigenvalue weighted by Gasteiger charge is -2.34. The Morgan fingerprint density at radius 2 is 0.471 bits per heavy atom. The number of aliphatic hydroxyl groups excluding tert-OH is 2. The highest BCUT2D eigenvalue weighted by Crippen LogP contribution is 2.30. The van der Waals surface area contributed by atoms with Crippen LogP contribution in [0.1, 0.15) is 362 Å². The fraction of sp³-hybridized carbons (Fsp3) is 0.769. The summed E-state index contributed by atoms with van der Waals surface area (Å²) in [4.78, 5) is 28.4. The number of carbonyl (C=O) groups excluding carboxylic acids is 2. The number of esters is 2. The van der Waals surface area contributed by atoms with Gasteiger partial charge in [-0.3, -0.25) is 0 Å². The first-order valence-electron chi connectivity index (χ1n) is 36.4. The van der Waals surface area contributed by atoms with Gasteiger partial charge >= 0.3 is 11.9 Å². The second-order valence-electron chi connectivity index (χ2n) is 25.0. The van der Waals surface area contributed by atoms with Gasteiger partial charge in [0.25, 0.3) is 0 Å². The molecule has 4 N–H and O–H groups in total. The van der Waals surface area contributed by atoms with E-state index in [2.05, 4.69) is 125 Å². The molecular formula is C78H138O7. The number of unbranched alkanes of at least 4 members (excludes halogenated alkanes) is 36. The number of aliphatic hydroxyl groups is 4. The van der Waals surface area contributed by atoms with Crippen molar-refractivity contribution in [3.05, 3.63) is 97.2 Å². The van der Waals surface area contributed by atoms with E-state index in [0.717, 1.165) is 193 Å². The molecule has 0 rings (SSSR count). The summed E-state index contributed by atoms with van der Waals surface area (Å²) in [7, 11) is 0. The van der Waals surface area contributed by atoms with Crippen molar-refractivity contribution < 1.29 is 34.8 Å². The minimum atomic E-state index is -2.31. The van der Waals surface area contributed by atoms with Gasteiger partial charge in [0.05, 0.1) is 12.2 Å². The van der Waals surface area contributed by atoms with Crippen LogP contribution in [0.4, 0.5) is 0 Å². The summed E-state index contributed by atoms with van der Waals surface area (Å²) in [6.07, 6.45) is 84.5. The average Bonchev–Trinajstić information content (AvgIpc) is 3.47. The van der Waals surface area contributed by atoms with E-state index in [1.807, 2.05) is 0 Å². The maximum atomic E-state index is 14.2. The lowest BCUT2D eigenvalue weighted by molar-refractivity contribution is -0.200. The summed E-state index contributed by atoms with van der Waals surface area (Å²) in [6.45, 7) is 8.94. The van der Waals surface area contributed by atoms with E-state index >= 15 is 0 Å². The molecule has 4 atom stereocenters. The maximum Gasteiger partial charge on any atom is 0.348 e. The normalized spacial score (nSPS) is 14.7. The van der Waals surface area contributed by atoms with Crippen LogP contribution in [0.25, 0.3) is 0 Å². The van der Waals surface area contributed by atoms with Crippen LogP contribution in [-0.2, 0) is 14.3 Å². The molecule has 0 saturated heterocycles. The smallest absolute Gasteiger partial charge is 0.348 e. The summed E-state index contributed by atoms with van der Waals surface area (Å²) in [5.74, 6) is -2.44. The molecule has 85 heavy (non-hydrogen) atoms. The molecule has 0 aliphatic heterocycles. The van der Waals surface area contributed by atoms with Crippen LogP contribution in [0.15, 0.2) is 97.2 Å². The zero-order chi connectivity index (χ0) is 62.1. The van der Waals surface area contributed by atoms with Gasteiger partial charge < -0.3 is 25.2 Å². The number of hydrogen-bond donors (Lipinski definition) is 4. The number of allylic oxidation sites excluding steroid dienone is 16. The topological polar surface area (TPSA) is 124 Å². The predicted molar refractivity (Wildman–Crippen MR) is 369 cm³/mol. The Kier molecular flexibility index (Phi) is 61.6. The highest BCUT2D eigenvalue weighted by atomic mass is 16.6. The molecule has 0 saturated carbocycles. The number of carbonyl (C=O) groups is 2. The monoisotopic (exact) mass is 1190 g/mol. The summed E-state index contributed by atoms with van der Waals surface area (Å²) in [5.41, 5.74) is -4.62. The van der Waals surface area contributed by atoms with E-state index < -0.39 is 35.3 Å². The fourth-order valence-electron chi connectivity index (χ4n) is 11.0. The molecule has 0 aromatic rings. The largest absolute Gasteiger partial charge is 0.389 e. The van der Waals surface area contributed by atoms with Crippen LogP contribution >= 0.6 is 0 Å². The molecule has 0 bridgehead atoms. The zero-order valence-corrected chi connectivity index (χ0v) is 56.2. The van der Waals surface area contributed by atoms with Crippen LogP contribution < -0.4 is 0 Å². The van der Waals surface area contributed by atoms with E-state index in [1.54, 1.807) is 0 Å². The van der Waals surface area contributed by atoms with Crippen LogP contribution in [0.3, 0.4) is 0 Å². The molecule has 0 aliphatic rings. The second-order valence-corrected chi connectivity index (χ2v) is 25.0. The highest BCUT2D eigenvalue weighted by Gasteiger charge is 2.50. The Morgan fingerprint density at radius 3 is 0.694 bits per heavy atom. The SMILES string of the molecule is CCCCC/C=C\C/C=C\CCCCCCCCC(O)C(O)(CCCCCCCC/C=C\C/C=C\CCCCC)C(=O)OC(=O)C(O)(CCCCCCCC/C=C\C/C=C\CCCCC)C(O)CCCCCCCC/C=C\C/C=C\CCCCC. The molecular weight excluding hydrogens is 1050 g/mol. The van der Waals surface area contributed by atoms with Crippen LogP contribution in [0, 0.1) is 0 Å². The van der Waals surface area contributed by atoms with Gasteiger partial charge in [-0.25, -0.2) is 9.59 Å². The average molecular weight is 1190 g/mol. The summed E-state index contributed by atoms with van der Waals surface area (Å²) < 4.78 is 5.51. The van der Waals surface area contributed by atoms with E-state index in [-0.39, 0.29) is 25.7 Å². The first-order chi connectivity index (χ1) is 41.6. The molecule has 0 aromatic carbocycles.